The highest BCUT2D eigenvalue weighted by Crippen LogP contribution is 2.26. The first kappa shape index (κ1) is 23.4. The van der Waals surface area contributed by atoms with Gasteiger partial charge in [-0.2, -0.15) is 0 Å². The molecule has 0 bridgehead atoms. The van der Waals surface area contributed by atoms with Crippen molar-refractivity contribution < 1.29 is 14.3 Å². The summed E-state index contributed by atoms with van der Waals surface area (Å²) in [6, 6.07) is 18.0. The van der Waals surface area contributed by atoms with Gasteiger partial charge < -0.3 is 20.7 Å². The van der Waals surface area contributed by atoms with Crippen LogP contribution in [0.3, 0.4) is 0 Å². The maximum Gasteiger partial charge on any atom is 0.255 e. The highest BCUT2D eigenvalue weighted by atomic mass is 16.5. The van der Waals surface area contributed by atoms with E-state index >= 15 is 0 Å². The maximum absolute atomic E-state index is 13.6. The highest BCUT2D eigenvalue weighted by molar-refractivity contribution is 6.04. The topological polar surface area (TPSA) is 97.5 Å². The Morgan fingerprint density at radius 3 is 2.47 bits per heavy atom. The number of hydrogen-bond donors (Lipinski definition) is 2. The number of carbonyl (C=O) groups is 2. The van der Waals surface area contributed by atoms with Crippen LogP contribution in [0.2, 0.25) is 0 Å². The molecule has 0 radical (unpaired) electrons. The number of pyridine rings is 1. The molecule has 34 heavy (non-hydrogen) atoms. The van der Waals surface area contributed by atoms with E-state index in [9.17, 15) is 9.59 Å². The second-order valence-corrected chi connectivity index (χ2v) is 8.57. The first-order valence-corrected chi connectivity index (χ1v) is 11.6. The second kappa shape index (κ2) is 10.9. The van der Waals surface area contributed by atoms with Crippen LogP contribution in [0.1, 0.15) is 52.0 Å². The molecule has 1 aliphatic carbocycles. The Morgan fingerprint density at radius 1 is 1.03 bits per heavy atom. The monoisotopic (exact) mass is 458 g/mol. The number of nitrogens with zero attached hydrogens (tertiary/aromatic N) is 2. The number of methoxy groups -OCH3 is 1. The van der Waals surface area contributed by atoms with E-state index < -0.39 is 0 Å². The van der Waals surface area contributed by atoms with Gasteiger partial charge in [-0.1, -0.05) is 25.0 Å². The SMILES string of the molecule is COc1ccc(C(=O)N(Cc2cccc(NC(=O)c3ccncc3)c2)C2CCCCC2N)cc1. The van der Waals surface area contributed by atoms with Crippen molar-refractivity contribution in [2.45, 2.75) is 44.3 Å². The van der Waals surface area contributed by atoms with Gasteiger partial charge in [0.2, 0.25) is 0 Å². The Kier molecular flexibility index (Phi) is 7.54. The molecule has 2 atom stereocenters. The van der Waals surface area contributed by atoms with Crippen LogP contribution in [-0.2, 0) is 6.54 Å². The predicted octanol–water partition coefficient (Wildman–Crippen LogP) is 4.25. The molecule has 7 heteroatoms. The Morgan fingerprint density at radius 2 is 1.76 bits per heavy atom. The molecule has 0 spiro atoms. The van der Waals surface area contributed by atoms with Gasteiger partial charge in [0.15, 0.2) is 0 Å². The molecule has 1 aliphatic rings. The number of benzene rings is 2. The minimum atomic E-state index is -0.208. The van der Waals surface area contributed by atoms with Crippen molar-refractivity contribution >= 4 is 17.5 Å². The zero-order valence-electron chi connectivity index (χ0n) is 19.3. The maximum atomic E-state index is 13.6. The largest absolute Gasteiger partial charge is 0.497 e. The molecule has 1 saturated carbocycles. The molecule has 2 aromatic carbocycles. The van der Waals surface area contributed by atoms with E-state index in [1.54, 1.807) is 55.9 Å². The normalized spacial score (nSPS) is 17.6. The number of anilines is 1. The van der Waals surface area contributed by atoms with E-state index in [4.69, 9.17) is 10.5 Å². The third-order valence-electron chi connectivity index (χ3n) is 6.26. The van der Waals surface area contributed by atoms with Crippen molar-refractivity contribution in [2.75, 3.05) is 12.4 Å². The summed E-state index contributed by atoms with van der Waals surface area (Å²) in [6.07, 6.45) is 7.08. The van der Waals surface area contributed by atoms with Gasteiger partial charge in [0, 0.05) is 47.8 Å². The number of aromatic nitrogens is 1. The molecule has 1 aromatic heterocycles. The summed E-state index contributed by atoms with van der Waals surface area (Å²) in [5, 5.41) is 2.93. The van der Waals surface area contributed by atoms with E-state index in [0.29, 0.717) is 29.1 Å². The molecule has 2 amide bonds. The van der Waals surface area contributed by atoms with Crippen molar-refractivity contribution in [3.8, 4) is 5.75 Å². The van der Waals surface area contributed by atoms with Crippen molar-refractivity contribution in [2.24, 2.45) is 5.73 Å². The minimum absolute atomic E-state index is 0.0431. The molecule has 3 N–H and O–H groups in total. The number of carbonyl (C=O) groups excluding carboxylic acids is 2. The van der Waals surface area contributed by atoms with Gasteiger partial charge in [0.1, 0.15) is 5.75 Å². The van der Waals surface area contributed by atoms with E-state index in [2.05, 4.69) is 10.3 Å². The smallest absolute Gasteiger partial charge is 0.255 e. The fraction of sp³-hybridized carbons (Fsp3) is 0.296. The predicted molar refractivity (Wildman–Crippen MR) is 132 cm³/mol. The molecular weight excluding hydrogens is 428 g/mol. The molecule has 1 fully saturated rings. The number of nitrogens with two attached hydrogens (primary N) is 1. The van der Waals surface area contributed by atoms with Gasteiger partial charge in [0.05, 0.1) is 7.11 Å². The number of hydrogen-bond acceptors (Lipinski definition) is 5. The van der Waals surface area contributed by atoms with E-state index in [1.165, 1.54) is 0 Å². The molecule has 176 valence electrons. The number of nitrogens with one attached hydrogen (secondary N) is 1. The lowest BCUT2D eigenvalue weighted by atomic mass is 9.89. The standard InChI is InChI=1S/C27H30N4O3/c1-34-23-11-9-21(10-12-23)27(33)31(25-8-3-2-7-24(25)28)18-19-5-4-6-22(17-19)30-26(32)20-13-15-29-16-14-20/h4-6,9-17,24-25H,2-3,7-8,18,28H2,1H3,(H,30,32). The lowest BCUT2D eigenvalue weighted by Gasteiger charge is -2.38. The first-order chi connectivity index (χ1) is 16.5. The van der Waals surface area contributed by atoms with Crippen LogP contribution < -0.4 is 15.8 Å². The molecule has 7 nitrogen and oxygen atoms in total. The number of ether oxygens (including phenoxy) is 1. The van der Waals surface area contributed by atoms with Crippen LogP contribution in [0.25, 0.3) is 0 Å². The van der Waals surface area contributed by atoms with Gasteiger partial charge in [0.25, 0.3) is 11.8 Å². The highest BCUT2D eigenvalue weighted by Gasteiger charge is 2.31. The minimum Gasteiger partial charge on any atom is -0.497 e. The first-order valence-electron chi connectivity index (χ1n) is 11.6. The summed E-state index contributed by atoms with van der Waals surface area (Å²) in [5.74, 6) is 0.436. The van der Waals surface area contributed by atoms with E-state index in [1.807, 2.05) is 29.2 Å². The summed E-state index contributed by atoms with van der Waals surface area (Å²) in [7, 11) is 1.60. The molecule has 0 aliphatic heterocycles. The Labute approximate surface area is 199 Å². The summed E-state index contributed by atoms with van der Waals surface area (Å²) in [5.41, 5.74) is 9.20. The van der Waals surface area contributed by atoms with Gasteiger partial charge >= 0.3 is 0 Å². The fourth-order valence-electron chi connectivity index (χ4n) is 4.42. The third kappa shape index (κ3) is 5.61. The Bertz CT molecular complexity index is 1120. The molecule has 4 rings (SSSR count). The summed E-state index contributed by atoms with van der Waals surface area (Å²) in [6.45, 7) is 0.405. The van der Waals surface area contributed by atoms with Crippen molar-refractivity contribution in [1.82, 2.24) is 9.88 Å². The average Bonchev–Trinajstić information content (AvgIpc) is 2.88. The number of rotatable bonds is 7. The second-order valence-electron chi connectivity index (χ2n) is 8.57. The number of amides is 2. The summed E-state index contributed by atoms with van der Waals surface area (Å²) >= 11 is 0. The zero-order chi connectivity index (χ0) is 23.9. The Balaban J connectivity index is 1.56. The van der Waals surface area contributed by atoms with Crippen LogP contribution in [0.15, 0.2) is 73.1 Å². The van der Waals surface area contributed by atoms with Gasteiger partial charge in [-0.3, -0.25) is 14.6 Å². The average molecular weight is 459 g/mol. The lowest BCUT2D eigenvalue weighted by molar-refractivity contribution is 0.0583. The van der Waals surface area contributed by atoms with Crippen LogP contribution in [0, 0.1) is 0 Å². The molecule has 0 saturated heterocycles. The van der Waals surface area contributed by atoms with E-state index in [-0.39, 0.29) is 23.9 Å². The van der Waals surface area contributed by atoms with Crippen LogP contribution in [-0.4, -0.2) is 40.9 Å². The van der Waals surface area contributed by atoms with E-state index in [0.717, 1.165) is 31.2 Å². The van der Waals surface area contributed by atoms with Crippen molar-refractivity contribution in [3.05, 3.63) is 89.7 Å². The lowest BCUT2D eigenvalue weighted by Crippen LogP contribution is -2.51. The molecule has 3 aromatic rings. The Hall–Kier alpha value is -3.71. The van der Waals surface area contributed by atoms with Crippen LogP contribution >= 0.6 is 0 Å². The summed E-state index contributed by atoms with van der Waals surface area (Å²) < 4.78 is 5.23. The van der Waals surface area contributed by atoms with Gasteiger partial charge in [-0.05, 0) is 66.9 Å². The molecule has 1 heterocycles. The van der Waals surface area contributed by atoms with Crippen molar-refractivity contribution in [3.63, 3.8) is 0 Å². The fourth-order valence-corrected chi connectivity index (χ4v) is 4.42. The summed E-state index contributed by atoms with van der Waals surface area (Å²) in [4.78, 5) is 32.0. The third-order valence-corrected chi connectivity index (χ3v) is 6.26. The van der Waals surface area contributed by atoms with Gasteiger partial charge in [-0.25, -0.2) is 0 Å². The quantitative estimate of drug-likeness (QED) is 0.552. The van der Waals surface area contributed by atoms with Crippen molar-refractivity contribution in [1.29, 1.82) is 0 Å². The van der Waals surface area contributed by atoms with Gasteiger partial charge in [-0.15, -0.1) is 0 Å². The molecular formula is C27H30N4O3. The van der Waals surface area contributed by atoms with Crippen LogP contribution in [0.5, 0.6) is 5.75 Å². The molecule has 2 unspecified atom stereocenters. The zero-order valence-corrected chi connectivity index (χ0v) is 19.3. The van der Waals surface area contributed by atoms with Crippen LogP contribution in [0.4, 0.5) is 5.69 Å².